The Labute approximate surface area is 152 Å². The Morgan fingerprint density at radius 3 is 3.00 bits per heavy atom. The summed E-state index contributed by atoms with van der Waals surface area (Å²) in [6.07, 6.45) is 2.17. The molecule has 0 bridgehead atoms. The molecule has 1 aromatic heterocycles. The van der Waals surface area contributed by atoms with Crippen LogP contribution in [0.2, 0.25) is 0 Å². The maximum Gasteiger partial charge on any atom is 0.229 e. The number of hydrogen-bond donors (Lipinski definition) is 0. The lowest BCUT2D eigenvalue weighted by Crippen LogP contribution is -2.32. The van der Waals surface area contributed by atoms with Crippen LogP contribution in [0.5, 0.6) is 5.75 Å². The number of likely N-dealkylation sites (tertiary alicyclic amines) is 1. The van der Waals surface area contributed by atoms with Crippen LogP contribution in [0.15, 0.2) is 28.8 Å². The number of ether oxygens (including phenoxy) is 2. The van der Waals surface area contributed by atoms with Crippen molar-refractivity contribution in [1.29, 1.82) is 0 Å². The number of aromatic nitrogens is 2. The average molecular weight is 357 g/mol. The standard InChI is InChI=1S/C19H23N3O4/c1-12-20-18(26-21-12)9-16-8-14-10-22(11-17(14)25-16)19(23)7-13-4-3-5-15(6-13)24-2/h3-6,14,16-17H,7-11H2,1-2H3/t14-,16+,17-/m1/s1. The summed E-state index contributed by atoms with van der Waals surface area (Å²) < 4.78 is 16.5. The third-order valence-electron chi connectivity index (χ3n) is 5.13. The van der Waals surface area contributed by atoms with Gasteiger partial charge in [-0.1, -0.05) is 17.3 Å². The number of benzene rings is 1. The first kappa shape index (κ1) is 17.0. The molecular weight excluding hydrogens is 334 g/mol. The van der Waals surface area contributed by atoms with Crippen molar-refractivity contribution in [3.63, 3.8) is 0 Å². The van der Waals surface area contributed by atoms with E-state index in [1.165, 1.54) is 0 Å². The van der Waals surface area contributed by atoms with Gasteiger partial charge < -0.3 is 18.9 Å². The van der Waals surface area contributed by atoms with Crippen molar-refractivity contribution in [2.45, 2.75) is 38.4 Å². The molecule has 0 radical (unpaired) electrons. The molecule has 0 spiro atoms. The Bertz CT molecular complexity index is 777. The quantitative estimate of drug-likeness (QED) is 0.812. The van der Waals surface area contributed by atoms with E-state index in [2.05, 4.69) is 10.1 Å². The van der Waals surface area contributed by atoms with Crippen LogP contribution in [-0.4, -0.2) is 53.4 Å². The molecule has 0 N–H and O–H groups in total. The molecule has 26 heavy (non-hydrogen) atoms. The van der Waals surface area contributed by atoms with Crippen LogP contribution < -0.4 is 4.74 Å². The number of nitrogens with zero attached hydrogens (tertiary/aromatic N) is 3. The van der Waals surface area contributed by atoms with Gasteiger partial charge in [-0.05, 0) is 31.0 Å². The van der Waals surface area contributed by atoms with Crippen LogP contribution in [0.25, 0.3) is 0 Å². The van der Waals surface area contributed by atoms with Gasteiger partial charge in [-0.2, -0.15) is 4.98 Å². The SMILES string of the molecule is COc1cccc(CC(=O)N2C[C@H]3C[C@@H](Cc4nc(C)no4)O[C@@H]3C2)c1. The van der Waals surface area contributed by atoms with Crippen molar-refractivity contribution >= 4 is 5.91 Å². The van der Waals surface area contributed by atoms with Gasteiger partial charge in [-0.15, -0.1) is 0 Å². The summed E-state index contributed by atoms with van der Waals surface area (Å²) in [6.45, 7) is 3.22. The summed E-state index contributed by atoms with van der Waals surface area (Å²) >= 11 is 0. The van der Waals surface area contributed by atoms with E-state index in [4.69, 9.17) is 14.0 Å². The van der Waals surface area contributed by atoms with Crippen LogP contribution >= 0.6 is 0 Å². The van der Waals surface area contributed by atoms with Crippen molar-refractivity contribution in [2.24, 2.45) is 5.92 Å². The van der Waals surface area contributed by atoms with E-state index in [1.54, 1.807) is 7.11 Å². The molecule has 2 saturated heterocycles. The highest BCUT2D eigenvalue weighted by Crippen LogP contribution is 2.34. The number of hydrogen-bond acceptors (Lipinski definition) is 6. The molecule has 0 unspecified atom stereocenters. The molecule has 2 aromatic rings. The maximum absolute atomic E-state index is 12.6. The third-order valence-corrected chi connectivity index (χ3v) is 5.13. The van der Waals surface area contributed by atoms with Crippen molar-refractivity contribution in [3.05, 3.63) is 41.5 Å². The third kappa shape index (κ3) is 3.58. The fourth-order valence-corrected chi connectivity index (χ4v) is 3.88. The molecule has 1 aromatic carbocycles. The number of aryl methyl sites for hydroxylation is 1. The molecule has 2 fully saturated rings. The van der Waals surface area contributed by atoms with Crippen molar-refractivity contribution in [1.82, 2.24) is 15.0 Å². The van der Waals surface area contributed by atoms with E-state index in [0.717, 1.165) is 24.3 Å². The lowest BCUT2D eigenvalue weighted by Gasteiger charge is -2.19. The van der Waals surface area contributed by atoms with Gasteiger partial charge >= 0.3 is 0 Å². The van der Waals surface area contributed by atoms with Crippen LogP contribution in [-0.2, 0) is 22.4 Å². The lowest BCUT2D eigenvalue weighted by atomic mass is 10.0. The van der Waals surface area contributed by atoms with E-state index < -0.39 is 0 Å². The highest BCUT2D eigenvalue weighted by Gasteiger charge is 2.43. The summed E-state index contributed by atoms with van der Waals surface area (Å²) in [4.78, 5) is 18.8. The van der Waals surface area contributed by atoms with Gasteiger partial charge in [-0.3, -0.25) is 4.79 Å². The highest BCUT2D eigenvalue weighted by atomic mass is 16.5. The fourth-order valence-electron chi connectivity index (χ4n) is 3.88. The zero-order valence-electron chi connectivity index (χ0n) is 15.1. The van der Waals surface area contributed by atoms with E-state index >= 15 is 0 Å². The minimum Gasteiger partial charge on any atom is -0.497 e. The normalized spacial score (nSPS) is 24.7. The predicted molar refractivity (Wildman–Crippen MR) is 92.8 cm³/mol. The Morgan fingerprint density at radius 2 is 2.27 bits per heavy atom. The Morgan fingerprint density at radius 1 is 1.38 bits per heavy atom. The number of rotatable bonds is 5. The largest absolute Gasteiger partial charge is 0.497 e. The number of methoxy groups -OCH3 is 1. The van der Waals surface area contributed by atoms with E-state index in [-0.39, 0.29) is 18.1 Å². The van der Waals surface area contributed by atoms with Gasteiger partial charge in [0.05, 0.1) is 32.2 Å². The van der Waals surface area contributed by atoms with E-state index in [0.29, 0.717) is 37.0 Å². The molecule has 138 valence electrons. The highest BCUT2D eigenvalue weighted by molar-refractivity contribution is 5.79. The minimum absolute atomic E-state index is 0.0977. The first-order chi connectivity index (χ1) is 12.6. The number of fused-ring (bicyclic) bond motifs is 1. The molecule has 0 saturated carbocycles. The molecule has 3 heterocycles. The summed E-state index contributed by atoms with van der Waals surface area (Å²) in [5.41, 5.74) is 0.969. The maximum atomic E-state index is 12.6. The number of carbonyl (C=O) groups excluding carboxylic acids is 1. The average Bonchev–Trinajstić information content (AvgIpc) is 3.30. The molecule has 3 atom stereocenters. The van der Waals surface area contributed by atoms with Crippen LogP contribution in [0.1, 0.15) is 23.7 Å². The minimum atomic E-state index is 0.0977. The summed E-state index contributed by atoms with van der Waals surface area (Å²) in [5, 5.41) is 3.81. The molecule has 2 aliphatic rings. The summed E-state index contributed by atoms with van der Waals surface area (Å²) in [6, 6.07) is 7.66. The second-order valence-electron chi connectivity index (χ2n) is 7.06. The van der Waals surface area contributed by atoms with Gasteiger partial charge in [0.1, 0.15) is 5.75 Å². The fraction of sp³-hybridized carbons (Fsp3) is 0.526. The van der Waals surface area contributed by atoms with Gasteiger partial charge in [-0.25, -0.2) is 0 Å². The van der Waals surface area contributed by atoms with Crippen molar-refractivity contribution in [3.8, 4) is 5.75 Å². The second-order valence-corrected chi connectivity index (χ2v) is 7.06. The number of carbonyl (C=O) groups is 1. The first-order valence-electron chi connectivity index (χ1n) is 8.96. The van der Waals surface area contributed by atoms with Gasteiger partial charge in [0.15, 0.2) is 5.82 Å². The zero-order valence-corrected chi connectivity index (χ0v) is 15.1. The number of amides is 1. The smallest absolute Gasteiger partial charge is 0.229 e. The van der Waals surface area contributed by atoms with Crippen molar-refractivity contribution in [2.75, 3.05) is 20.2 Å². The zero-order chi connectivity index (χ0) is 18.1. The lowest BCUT2D eigenvalue weighted by molar-refractivity contribution is -0.130. The van der Waals surface area contributed by atoms with Crippen LogP contribution in [0, 0.1) is 12.8 Å². The first-order valence-corrected chi connectivity index (χ1v) is 8.96. The van der Waals surface area contributed by atoms with Crippen LogP contribution in [0.3, 0.4) is 0 Å². The Balaban J connectivity index is 1.30. The van der Waals surface area contributed by atoms with Gasteiger partial charge in [0.25, 0.3) is 0 Å². The molecule has 1 amide bonds. The molecule has 4 rings (SSSR count). The predicted octanol–water partition coefficient (Wildman–Crippen LogP) is 1.79. The Hall–Kier alpha value is -2.41. The van der Waals surface area contributed by atoms with E-state index in [1.807, 2.05) is 36.1 Å². The van der Waals surface area contributed by atoms with Crippen LogP contribution in [0.4, 0.5) is 0 Å². The topological polar surface area (TPSA) is 77.7 Å². The second kappa shape index (κ2) is 7.07. The molecular formula is C19H23N3O4. The molecule has 2 aliphatic heterocycles. The monoisotopic (exact) mass is 357 g/mol. The molecule has 7 heteroatoms. The van der Waals surface area contributed by atoms with E-state index in [9.17, 15) is 4.79 Å². The van der Waals surface area contributed by atoms with Gasteiger partial charge in [0, 0.05) is 19.0 Å². The van der Waals surface area contributed by atoms with Gasteiger partial charge in [0.2, 0.25) is 11.8 Å². The van der Waals surface area contributed by atoms with Crippen molar-refractivity contribution < 1.29 is 18.8 Å². The molecule has 0 aliphatic carbocycles. The molecule has 7 nitrogen and oxygen atoms in total. The summed E-state index contributed by atoms with van der Waals surface area (Å²) in [7, 11) is 1.63. The Kier molecular flexibility index (Phi) is 4.63. The summed E-state index contributed by atoms with van der Waals surface area (Å²) in [5.74, 6) is 2.57.